The van der Waals surface area contributed by atoms with Crippen LogP contribution in [0.25, 0.3) is 0 Å². The van der Waals surface area contributed by atoms with Crippen molar-refractivity contribution in [3.8, 4) is 0 Å². The molecule has 1 aliphatic rings. The average molecular weight is 503 g/mol. The number of hydrogen-bond donors (Lipinski definition) is 1. The Bertz CT molecular complexity index is 854. The zero-order valence-electron chi connectivity index (χ0n) is 23.1. The molecule has 7 nitrogen and oxygen atoms in total. The molecule has 1 aromatic carbocycles. The van der Waals surface area contributed by atoms with Crippen LogP contribution in [0.4, 0.5) is 4.79 Å². The summed E-state index contributed by atoms with van der Waals surface area (Å²) in [5.41, 5.74) is 1.12. The molecule has 0 bridgehead atoms. The lowest BCUT2D eigenvalue weighted by molar-refractivity contribution is -0.146. The van der Waals surface area contributed by atoms with Gasteiger partial charge in [-0.05, 0) is 68.3 Å². The molecule has 7 heteroatoms. The number of nitrogens with zero attached hydrogens (tertiary/aromatic N) is 1. The van der Waals surface area contributed by atoms with E-state index in [0.29, 0.717) is 39.0 Å². The molecule has 0 aliphatic heterocycles. The van der Waals surface area contributed by atoms with Crippen LogP contribution in [0.2, 0.25) is 0 Å². The number of amides is 2. The summed E-state index contributed by atoms with van der Waals surface area (Å²) in [5, 5.41) is 2.91. The van der Waals surface area contributed by atoms with Gasteiger partial charge >= 0.3 is 12.1 Å². The van der Waals surface area contributed by atoms with Crippen molar-refractivity contribution in [2.24, 2.45) is 16.7 Å². The maximum atomic E-state index is 12.6. The molecule has 1 aromatic rings. The first-order valence-corrected chi connectivity index (χ1v) is 13.3. The normalized spacial score (nSPS) is 21.0. The van der Waals surface area contributed by atoms with E-state index in [1.54, 1.807) is 11.9 Å². The molecular weight excluding hydrogens is 456 g/mol. The first-order valence-electron chi connectivity index (χ1n) is 13.3. The number of carbonyl (C=O) groups excluding carboxylic acids is 3. The second kappa shape index (κ2) is 13.7. The molecule has 1 aliphatic carbocycles. The van der Waals surface area contributed by atoms with E-state index in [2.05, 4.69) is 26.1 Å². The number of hydrogen-bond acceptors (Lipinski definition) is 5. The van der Waals surface area contributed by atoms with Crippen molar-refractivity contribution in [3.05, 3.63) is 35.9 Å². The molecule has 1 fully saturated rings. The summed E-state index contributed by atoms with van der Waals surface area (Å²) >= 11 is 0. The van der Waals surface area contributed by atoms with E-state index in [-0.39, 0.29) is 34.7 Å². The highest BCUT2D eigenvalue weighted by Crippen LogP contribution is 2.49. The second-order valence-electron chi connectivity index (χ2n) is 11.8. The summed E-state index contributed by atoms with van der Waals surface area (Å²) in [5.74, 6) is 0.112. The summed E-state index contributed by atoms with van der Waals surface area (Å²) in [4.78, 5) is 38.6. The van der Waals surface area contributed by atoms with Crippen molar-refractivity contribution in [2.75, 3.05) is 26.7 Å². The maximum absolute atomic E-state index is 12.6. The van der Waals surface area contributed by atoms with Crippen LogP contribution >= 0.6 is 0 Å². The standard InChI is InChI=1S/C29H46N2O5/c1-22(2)36-27(34)30-21-29(5)19-24(18-28(3,4)20-29)17-26(33)35-16-10-15-31(6)25(32)14-13-23-11-8-7-9-12-23/h7-9,11-12,22,24H,10,13-21H2,1-6H3,(H,30,34). The first kappa shape index (κ1) is 29.7. The van der Waals surface area contributed by atoms with Crippen LogP contribution in [-0.2, 0) is 25.5 Å². The first-order chi connectivity index (χ1) is 16.9. The van der Waals surface area contributed by atoms with Crippen molar-refractivity contribution in [2.45, 2.75) is 85.7 Å². The number of carbonyl (C=O) groups is 3. The molecule has 36 heavy (non-hydrogen) atoms. The van der Waals surface area contributed by atoms with Crippen LogP contribution in [0.3, 0.4) is 0 Å². The van der Waals surface area contributed by atoms with Gasteiger partial charge in [0.15, 0.2) is 0 Å². The van der Waals surface area contributed by atoms with Crippen LogP contribution in [0.1, 0.15) is 78.7 Å². The van der Waals surface area contributed by atoms with E-state index in [1.807, 2.05) is 44.2 Å². The third-order valence-electron chi connectivity index (χ3n) is 6.78. The molecule has 1 saturated carbocycles. The Morgan fingerprint density at radius 2 is 1.81 bits per heavy atom. The smallest absolute Gasteiger partial charge is 0.407 e. The minimum atomic E-state index is -0.394. The van der Waals surface area contributed by atoms with Gasteiger partial charge in [-0.1, -0.05) is 51.1 Å². The Hall–Kier alpha value is -2.57. The van der Waals surface area contributed by atoms with E-state index >= 15 is 0 Å². The van der Waals surface area contributed by atoms with Crippen molar-refractivity contribution in [3.63, 3.8) is 0 Å². The summed E-state index contributed by atoms with van der Waals surface area (Å²) < 4.78 is 10.7. The lowest BCUT2D eigenvalue weighted by Crippen LogP contribution is -2.44. The van der Waals surface area contributed by atoms with Crippen LogP contribution in [0.15, 0.2) is 30.3 Å². The quantitative estimate of drug-likeness (QED) is 0.307. The lowest BCUT2D eigenvalue weighted by Gasteiger charge is -2.46. The Kier molecular flexibility index (Phi) is 11.3. The third kappa shape index (κ3) is 11.0. The number of nitrogens with one attached hydrogen (secondary N) is 1. The van der Waals surface area contributed by atoms with Gasteiger partial charge in [-0.15, -0.1) is 0 Å². The molecular formula is C29H46N2O5. The van der Waals surface area contributed by atoms with Gasteiger partial charge in [0.05, 0.1) is 12.7 Å². The maximum Gasteiger partial charge on any atom is 0.407 e. The highest BCUT2D eigenvalue weighted by atomic mass is 16.6. The number of alkyl carbamates (subject to hydrolysis) is 1. The summed E-state index contributed by atoms with van der Waals surface area (Å²) in [6.07, 6.45) is 4.42. The van der Waals surface area contributed by atoms with E-state index in [0.717, 1.165) is 31.2 Å². The average Bonchev–Trinajstić information content (AvgIpc) is 2.78. The molecule has 2 atom stereocenters. The van der Waals surface area contributed by atoms with Gasteiger partial charge in [0, 0.05) is 33.0 Å². The molecule has 2 amide bonds. The van der Waals surface area contributed by atoms with Gasteiger partial charge in [0.1, 0.15) is 0 Å². The zero-order valence-corrected chi connectivity index (χ0v) is 23.1. The van der Waals surface area contributed by atoms with Gasteiger partial charge < -0.3 is 19.7 Å². The third-order valence-corrected chi connectivity index (χ3v) is 6.78. The topological polar surface area (TPSA) is 84.9 Å². The molecule has 0 aromatic heterocycles. The van der Waals surface area contributed by atoms with Crippen LogP contribution < -0.4 is 5.32 Å². The number of esters is 1. The fourth-order valence-electron chi connectivity index (χ4n) is 5.66. The van der Waals surface area contributed by atoms with Crippen molar-refractivity contribution in [1.29, 1.82) is 0 Å². The van der Waals surface area contributed by atoms with E-state index in [4.69, 9.17) is 9.47 Å². The number of ether oxygens (including phenoxy) is 2. The monoisotopic (exact) mass is 502 g/mol. The van der Waals surface area contributed by atoms with Gasteiger partial charge in [-0.2, -0.15) is 0 Å². The predicted octanol–water partition coefficient (Wildman–Crippen LogP) is 5.37. The molecule has 0 heterocycles. The predicted molar refractivity (Wildman–Crippen MR) is 141 cm³/mol. The summed E-state index contributed by atoms with van der Waals surface area (Å²) in [6.45, 7) is 11.7. The highest BCUT2D eigenvalue weighted by molar-refractivity contribution is 5.76. The van der Waals surface area contributed by atoms with Crippen molar-refractivity contribution in [1.82, 2.24) is 10.2 Å². The molecule has 1 N–H and O–H groups in total. The van der Waals surface area contributed by atoms with Gasteiger partial charge in [0.2, 0.25) is 5.91 Å². The van der Waals surface area contributed by atoms with E-state index in [1.165, 1.54) is 0 Å². The van der Waals surface area contributed by atoms with Crippen LogP contribution in [0.5, 0.6) is 0 Å². The molecule has 202 valence electrons. The second-order valence-corrected chi connectivity index (χ2v) is 11.8. The van der Waals surface area contributed by atoms with Gasteiger partial charge in [-0.25, -0.2) is 4.79 Å². The molecule has 2 unspecified atom stereocenters. The Balaban J connectivity index is 1.71. The molecule has 0 saturated heterocycles. The number of benzene rings is 1. The fourth-order valence-corrected chi connectivity index (χ4v) is 5.66. The largest absolute Gasteiger partial charge is 0.466 e. The fraction of sp³-hybridized carbons (Fsp3) is 0.690. The van der Waals surface area contributed by atoms with Crippen molar-refractivity contribution >= 4 is 18.0 Å². The molecule has 2 rings (SSSR count). The SMILES string of the molecule is CC(C)OC(=O)NCC1(C)CC(CC(=O)OCCCN(C)C(=O)CCc2ccccc2)CC(C)(C)C1. The van der Waals surface area contributed by atoms with E-state index < -0.39 is 6.09 Å². The molecule has 0 spiro atoms. The van der Waals surface area contributed by atoms with Gasteiger partial charge in [0.25, 0.3) is 0 Å². The Morgan fingerprint density at radius 3 is 2.47 bits per heavy atom. The minimum absolute atomic E-state index is 0.0738. The molecule has 0 radical (unpaired) electrons. The zero-order chi connectivity index (χ0) is 26.8. The van der Waals surface area contributed by atoms with Gasteiger partial charge in [-0.3, -0.25) is 9.59 Å². The number of rotatable bonds is 12. The van der Waals surface area contributed by atoms with Crippen molar-refractivity contribution < 1.29 is 23.9 Å². The minimum Gasteiger partial charge on any atom is -0.466 e. The summed E-state index contributed by atoms with van der Waals surface area (Å²) in [6, 6.07) is 9.98. The lowest BCUT2D eigenvalue weighted by atomic mass is 9.60. The highest BCUT2D eigenvalue weighted by Gasteiger charge is 2.42. The summed E-state index contributed by atoms with van der Waals surface area (Å²) in [7, 11) is 1.80. The van der Waals surface area contributed by atoms with E-state index in [9.17, 15) is 14.4 Å². The van der Waals surface area contributed by atoms with Crippen LogP contribution in [-0.4, -0.2) is 55.7 Å². The number of aryl methyl sites for hydroxylation is 1. The van der Waals surface area contributed by atoms with Crippen LogP contribution in [0, 0.1) is 16.7 Å². The Morgan fingerprint density at radius 1 is 1.11 bits per heavy atom. The Labute approximate surface area is 217 Å².